The summed E-state index contributed by atoms with van der Waals surface area (Å²) in [6, 6.07) is 0. The average Bonchev–Trinajstić information content (AvgIpc) is 2.18. The van der Waals surface area contributed by atoms with Crippen LogP contribution in [-0.2, 0) is 0 Å². The van der Waals surface area contributed by atoms with Gasteiger partial charge in [0.15, 0.2) is 0 Å². The highest BCUT2D eigenvalue weighted by Crippen LogP contribution is 2.13. The van der Waals surface area contributed by atoms with Crippen LogP contribution < -0.4 is 5.32 Å². The normalized spacial score (nSPS) is 24.8. The third kappa shape index (κ3) is 2.46. The standard InChI is InChI=1S/C11H18N2/c1-4-7-10-8-13(6-3)9-12-11(10)5-2/h4-5,7,12H,1,6,8-9H2,2-3H3/b10-7-,11-5+. The number of nitrogens with one attached hydrogen (secondary N) is 1. The van der Waals surface area contributed by atoms with Gasteiger partial charge in [-0.25, -0.2) is 0 Å². The smallest absolute Gasteiger partial charge is 0.0681 e. The Balaban J connectivity index is 2.74. The van der Waals surface area contributed by atoms with Crippen LogP contribution in [-0.4, -0.2) is 24.7 Å². The van der Waals surface area contributed by atoms with Crippen LogP contribution in [0.2, 0.25) is 0 Å². The molecule has 2 heteroatoms. The zero-order valence-electron chi connectivity index (χ0n) is 8.51. The lowest BCUT2D eigenvalue weighted by atomic mass is 10.1. The van der Waals surface area contributed by atoms with Crippen LogP contribution in [0.25, 0.3) is 0 Å². The number of allylic oxidation sites excluding steroid dienone is 3. The summed E-state index contributed by atoms with van der Waals surface area (Å²) in [7, 11) is 0. The zero-order chi connectivity index (χ0) is 9.68. The fourth-order valence-electron chi connectivity index (χ4n) is 1.49. The van der Waals surface area contributed by atoms with E-state index in [1.54, 1.807) is 0 Å². The van der Waals surface area contributed by atoms with Gasteiger partial charge in [0.25, 0.3) is 0 Å². The fourth-order valence-corrected chi connectivity index (χ4v) is 1.49. The van der Waals surface area contributed by atoms with Gasteiger partial charge in [-0.15, -0.1) is 0 Å². The van der Waals surface area contributed by atoms with E-state index < -0.39 is 0 Å². The molecule has 1 aliphatic rings. The molecular weight excluding hydrogens is 160 g/mol. The Hall–Kier alpha value is -1.02. The quantitative estimate of drug-likeness (QED) is 0.694. The zero-order valence-corrected chi connectivity index (χ0v) is 8.51. The molecule has 2 nitrogen and oxygen atoms in total. The molecule has 0 aromatic carbocycles. The minimum Gasteiger partial charge on any atom is -0.372 e. The van der Waals surface area contributed by atoms with E-state index in [0.29, 0.717) is 0 Å². The van der Waals surface area contributed by atoms with Gasteiger partial charge in [-0.05, 0) is 19.0 Å². The van der Waals surface area contributed by atoms with E-state index in [9.17, 15) is 0 Å². The van der Waals surface area contributed by atoms with E-state index in [-0.39, 0.29) is 0 Å². The number of nitrogens with zero attached hydrogens (tertiary/aromatic N) is 1. The summed E-state index contributed by atoms with van der Waals surface area (Å²) in [5, 5.41) is 3.38. The molecule has 0 aliphatic carbocycles. The molecule has 1 fully saturated rings. The lowest BCUT2D eigenvalue weighted by molar-refractivity contribution is 0.279. The second-order valence-electron chi connectivity index (χ2n) is 3.11. The first-order chi connectivity index (χ1) is 6.31. The van der Waals surface area contributed by atoms with Crippen LogP contribution in [0.4, 0.5) is 0 Å². The number of hydrogen-bond acceptors (Lipinski definition) is 2. The minimum atomic E-state index is 0.949. The van der Waals surface area contributed by atoms with Crippen molar-refractivity contribution in [2.75, 3.05) is 19.8 Å². The third-order valence-corrected chi connectivity index (χ3v) is 2.29. The molecule has 13 heavy (non-hydrogen) atoms. The highest BCUT2D eigenvalue weighted by Gasteiger charge is 2.14. The number of rotatable bonds is 2. The van der Waals surface area contributed by atoms with Crippen LogP contribution in [0.5, 0.6) is 0 Å². The van der Waals surface area contributed by atoms with E-state index in [2.05, 4.69) is 42.8 Å². The maximum absolute atomic E-state index is 3.72. The largest absolute Gasteiger partial charge is 0.372 e. The van der Waals surface area contributed by atoms with Crippen LogP contribution in [0.15, 0.2) is 36.1 Å². The van der Waals surface area contributed by atoms with Gasteiger partial charge in [0.1, 0.15) is 0 Å². The number of hydrogen-bond donors (Lipinski definition) is 1. The summed E-state index contributed by atoms with van der Waals surface area (Å²) in [6.07, 6.45) is 6.03. The average molecular weight is 178 g/mol. The number of likely N-dealkylation sites (N-methyl/N-ethyl adjacent to an activating group) is 1. The first-order valence-electron chi connectivity index (χ1n) is 4.76. The Morgan fingerprint density at radius 1 is 1.62 bits per heavy atom. The van der Waals surface area contributed by atoms with Gasteiger partial charge in [-0.3, -0.25) is 4.90 Å². The molecule has 0 saturated carbocycles. The molecule has 0 radical (unpaired) electrons. The summed E-state index contributed by atoms with van der Waals surface area (Å²) >= 11 is 0. The molecule has 1 saturated heterocycles. The van der Waals surface area contributed by atoms with Crippen molar-refractivity contribution >= 4 is 0 Å². The molecule has 1 rings (SSSR count). The molecule has 0 atom stereocenters. The van der Waals surface area contributed by atoms with E-state index in [1.807, 2.05) is 6.08 Å². The molecule has 0 aromatic heterocycles. The van der Waals surface area contributed by atoms with Crippen LogP contribution in [0.3, 0.4) is 0 Å². The lowest BCUT2D eigenvalue weighted by Gasteiger charge is -2.30. The Morgan fingerprint density at radius 2 is 2.38 bits per heavy atom. The van der Waals surface area contributed by atoms with E-state index in [4.69, 9.17) is 0 Å². The summed E-state index contributed by atoms with van der Waals surface area (Å²) in [5.41, 5.74) is 2.57. The summed E-state index contributed by atoms with van der Waals surface area (Å²) in [4.78, 5) is 2.35. The summed E-state index contributed by atoms with van der Waals surface area (Å²) in [5.74, 6) is 0. The van der Waals surface area contributed by atoms with Gasteiger partial charge in [0, 0.05) is 12.2 Å². The molecule has 0 bridgehead atoms. The summed E-state index contributed by atoms with van der Waals surface area (Å²) < 4.78 is 0. The first kappa shape index (κ1) is 10.1. The van der Waals surface area contributed by atoms with Crippen molar-refractivity contribution in [1.29, 1.82) is 0 Å². The molecular formula is C11H18N2. The first-order valence-corrected chi connectivity index (χ1v) is 4.76. The predicted molar refractivity (Wildman–Crippen MR) is 57.3 cm³/mol. The van der Waals surface area contributed by atoms with E-state index in [0.717, 1.165) is 19.8 Å². The van der Waals surface area contributed by atoms with E-state index in [1.165, 1.54) is 11.3 Å². The fraction of sp³-hybridized carbons (Fsp3) is 0.455. The summed E-state index contributed by atoms with van der Waals surface area (Å²) in [6.45, 7) is 11.0. The monoisotopic (exact) mass is 178 g/mol. The second-order valence-corrected chi connectivity index (χ2v) is 3.11. The van der Waals surface area contributed by atoms with Gasteiger partial charge in [0.05, 0.1) is 6.67 Å². The SMILES string of the molecule is C=C/C=C1/CN(CC)CN/C1=C/C. The third-order valence-electron chi connectivity index (χ3n) is 2.29. The van der Waals surface area contributed by atoms with Crippen molar-refractivity contribution in [2.45, 2.75) is 13.8 Å². The van der Waals surface area contributed by atoms with Gasteiger partial charge >= 0.3 is 0 Å². The van der Waals surface area contributed by atoms with Crippen molar-refractivity contribution in [3.8, 4) is 0 Å². The predicted octanol–water partition coefficient (Wildman–Crippen LogP) is 1.89. The highest BCUT2D eigenvalue weighted by atomic mass is 15.2. The van der Waals surface area contributed by atoms with Gasteiger partial charge in [-0.1, -0.05) is 31.7 Å². The lowest BCUT2D eigenvalue weighted by Crippen LogP contribution is -2.41. The Labute approximate surface area is 80.6 Å². The maximum atomic E-state index is 3.72. The van der Waals surface area contributed by atoms with Gasteiger partial charge < -0.3 is 5.32 Å². The second kappa shape index (κ2) is 4.87. The van der Waals surface area contributed by atoms with Crippen molar-refractivity contribution in [3.63, 3.8) is 0 Å². The van der Waals surface area contributed by atoms with Crippen molar-refractivity contribution in [2.24, 2.45) is 0 Å². The molecule has 1 heterocycles. The Morgan fingerprint density at radius 3 is 2.92 bits per heavy atom. The molecule has 0 spiro atoms. The molecule has 0 aromatic rings. The Kier molecular flexibility index (Phi) is 3.77. The molecule has 1 aliphatic heterocycles. The topological polar surface area (TPSA) is 15.3 Å². The van der Waals surface area contributed by atoms with Crippen LogP contribution in [0.1, 0.15) is 13.8 Å². The molecule has 1 N–H and O–H groups in total. The van der Waals surface area contributed by atoms with Crippen LogP contribution >= 0.6 is 0 Å². The molecule has 0 unspecified atom stereocenters. The molecule has 72 valence electrons. The minimum absolute atomic E-state index is 0.949. The van der Waals surface area contributed by atoms with Crippen LogP contribution in [0, 0.1) is 0 Å². The maximum Gasteiger partial charge on any atom is 0.0681 e. The van der Waals surface area contributed by atoms with Crippen molar-refractivity contribution < 1.29 is 0 Å². The van der Waals surface area contributed by atoms with Crippen molar-refractivity contribution in [3.05, 3.63) is 36.1 Å². The van der Waals surface area contributed by atoms with Crippen molar-refractivity contribution in [1.82, 2.24) is 10.2 Å². The van der Waals surface area contributed by atoms with Gasteiger partial charge in [0.2, 0.25) is 0 Å². The van der Waals surface area contributed by atoms with E-state index >= 15 is 0 Å². The van der Waals surface area contributed by atoms with Gasteiger partial charge in [-0.2, -0.15) is 0 Å². The Bertz CT molecular complexity index is 238. The highest BCUT2D eigenvalue weighted by molar-refractivity contribution is 5.34. The molecule has 0 amide bonds.